The molecule has 1 fully saturated rings. The van der Waals surface area contributed by atoms with Gasteiger partial charge in [-0.3, -0.25) is 14.4 Å². The molecule has 0 unspecified atom stereocenters. The molecule has 2 heterocycles. The van der Waals surface area contributed by atoms with E-state index in [9.17, 15) is 27.6 Å². The molecule has 1 atom stereocenters. The molecule has 4 rings (SSSR count). The molecular formula is C26H26F3N3O5. The minimum absolute atomic E-state index is 0.0662. The molecule has 2 N–H and O–H groups in total. The Morgan fingerprint density at radius 3 is 2.32 bits per heavy atom. The first kappa shape index (κ1) is 26.1. The molecule has 2 aromatic rings. The quantitative estimate of drug-likeness (QED) is 0.549. The van der Waals surface area contributed by atoms with E-state index in [2.05, 4.69) is 17.2 Å². The third-order valence-corrected chi connectivity index (χ3v) is 6.38. The number of likely N-dealkylation sites (tertiary alicyclic amines) is 1. The summed E-state index contributed by atoms with van der Waals surface area (Å²) in [5, 5.41) is 5.52. The number of piperidine rings is 1. The van der Waals surface area contributed by atoms with Crippen LogP contribution in [-0.2, 0) is 11.0 Å². The predicted octanol–water partition coefficient (Wildman–Crippen LogP) is 3.39. The van der Waals surface area contributed by atoms with E-state index in [1.807, 2.05) is 0 Å². The standard InChI is InChI=1S/C26H26F3N3O5/c1-2-11-30-24(34)22(31-23(33)18-5-8-20-21(14-18)37-15-36-20)16-9-12-32(13-10-16)25(35)17-3-6-19(7-4-17)26(27,28)29/h2-8,14,16,22H,1,9-13,15H2,(H,30,34)(H,31,33)/t22-/m0/s1. The van der Waals surface area contributed by atoms with Crippen molar-refractivity contribution in [2.75, 3.05) is 26.4 Å². The minimum atomic E-state index is -4.48. The summed E-state index contributed by atoms with van der Waals surface area (Å²) in [4.78, 5) is 40.3. The lowest BCUT2D eigenvalue weighted by Gasteiger charge is -2.36. The van der Waals surface area contributed by atoms with E-state index in [0.29, 0.717) is 29.9 Å². The molecule has 1 saturated heterocycles. The Hall–Kier alpha value is -4.02. The Bertz CT molecular complexity index is 1170. The van der Waals surface area contributed by atoms with Crippen LogP contribution < -0.4 is 20.1 Å². The fraction of sp³-hybridized carbons (Fsp3) is 0.346. The first-order valence-electron chi connectivity index (χ1n) is 11.7. The molecule has 2 aliphatic heterocycles. The van der Waals surface area contributed by atoms with Crippen LogP contribution in [0.25, 0.3) is 0 Å². The molecule has 0 saturated carbocycles. The van der Waals surface area contributed by atoms with Crippen molar-refractivity contribution in [1.82, 2.24) is 15.5 Å². The molecular weight excluding hydrogens is 491 g/mol. The second-order valence-electron chi connectivity index (χ2n) is 8.76. The van der Waals surface area contributed by atoms with Crippen LogP contribution >= 0.6 is 0 Å². The molecule has 0 aromatic heterocycles. The monoisotopic (exact) mass is 517 g/mol. The lowest BCUT2D eigenvalue weighted by Crippen LogP contribution is -2.53. The number of carbonyl (C=O) groups excluding carboxylic acids is 3. The van der Waals surface area contributed by atoms with Gasteiger partial charge in [-0.15, -0.1) is 6.58 Å². The van der Waals surface area contributed by atoms with Crippen LogP contribution in [0.3, 0.4) is 0 Å². The lowest BCUT2D eigenvalue weighted by atomic mass is 9.88. The fourth-order valence-electron chi connectivity index (χ4n) is 4.36. The molecule has 2 aliphatic rings. The number of ether oxygens (including phenoxy) is 2. The first-order chi connectivity index (χ1) is 17.7. The van der Waals surface area contributed by atoms with Gasteiger partial charge in [0.2, 0.25) is 12.7 Å². The highest BCUT2D eigenvalue weighted by molar-refractivity contribution is 5.98. The Balaban J connectivity index is 1.42. The molecule has 37 heavy (non-hydrogen) atoms. The zero-order valence-electron chi connectivity index (χ0n) is 19.8. The van der Waals surface area contributed by atoms with Crippen molar-refractivity contribution in [3.05, 3.63) is 71.8 Å². The summed E-state index contributed by atoms with van der Waals surface area (Å²) >= 11 is 0. The van der Waals surface area contributed by atoms with E-state index in [-0.39, 0.29) is 49.7 Å². The van der Waals surface area contributed by atoms with Gasteiger partial charge in [0.15, 0.2) is 11.5 Å². The van der Waals surface area contributed by atoms with E-state index in [1.54, 1.807) is 18.2 Å². The van der Waals surface area contributed by atoms with E-state index in [4.69, 9.17) is 9.47 Å². The molecule has 8 nitrogen and oxygen atoms in total. The highest BCUT2D eigenvalue weighted by Gasteiger charge is 2.35. The largest absolute Gasteiger partial charge is 0.454 e. The summed E-state index contributed by atoms with van der Waals surface area (Å²) in [6, 6.07) is 7.96. The average molecular weight is 518 g/mol. The molecule has 0 spiro atoms. The number of halogens is 3. The number of nitrogens with one attached hydrogen (secondary N) is 2. The number of rotatable bonds is 7. The highest BCUT2D eigenvalue weighted by atomic mass is 19.4. The van der Waals surface area contributed by atoms with Crippen LogP contribution in [0.4, 0.5) is 13.2 Å². The summed E-state index contributed by atoms with van der Waals surface area (Å²) in [6.07, 6.45) is -2.12. The molecule has 196 valence electrons. The van der Waals surface area contributed by atoms with E-state index < -0.39 is 23.7 Å². The van der Waals surface area contributed by atoms with Crippen molar-refractivity contribution in [3.8, 4) is 11.5 Å². The van der Waals surface area contributed by atoms with Crippen LogP contribution in [-0.4, -0.2) is 55.1 Å². The highest BCUT2D eigenvalue weighted by Crippen LogP contribution is 2.33. The maximum Gasteiger partial charge on any atom is 0.416 e. The summed E-state index contributed by atoms with van der Waals surface area (Å²) in [5.41, 5.74) is -0.363. The van der Waals surface area contributed by atoms with Crippen LogP contribution in [0.15, 0.2) is 55.1 Å². The summed E-state index contributed by atoms with van der Waals surface area (Å²) in [7, 11) is 0. The van der Waals surface area contributed by atoms with Crippen LogP contribution in [0.2, 0.25) is 0 Å². The second kappa shape index (κ2) is 10.9. The van der Waals surface area contributed by atoms with Gasteiger partial charge in [-0.25, -0.2) is 0 Å². The Morgan fingerprint density at radius 2 is 1.68 bits per heavy atom. The van der Waals surface area contributed by atoms with Crippen LogP contribution in [0.1, 0.15) is 39.1 Å². The number of hydrogen-bond acceptors (Lipinski definition) is 5. The Morgan fingerprint density at radius 1 is 1.03 bits per heavy atom. The summed E-state index contributed by atoms with van der Waals surface area (Å²) in [5.74, 6) is -0.511. The second-order valence-corrected chi connectivity index (χ2v) is 8.76. The van der Waals surface area contributed by atoms with Crippen molar-refractivity contribution in [2.45, 2.75) is 25.1 Å². The molecule has 0 aliphatic carbocycles. The van der Waals surface area contributed by atoms with Crippen LogP contribution in [0.5, 0.6) is 11.5 Å². The van der Waals surface area contributed by atoms with Gasteiger partial charge in [0, 0.05) is 30.8 Å². The number of benzene rings is 2. The smallest absolute Gasteiger partial charge is 0.416 e. The summed E-state index contributed by atoms with van der Waals surface area (Å²) < 4.78 is 49.0. The molecule has 2 aromatic carbocycles. The first-order valence-corrected chi connectivity index (χ1v) is 11.7. The topological polar surface area (TPSA) is 97.0 Å². The van der Waals surface area contributed by atoms with E-state index in [0.717, 1.165) is 24.3 Å². The predicted molar refractivity (Wildman–Crippen MR) is 127 cm³/mol. The SMILES string of the molecule is C=CCNC(=O)[C@@H](NC(=O)c1ccc2c(c1)OCO2)C1CCN(C(=O)c2ccc(C(F)(F)F)cc2)CC1. The number of nitrogens with zero attached hydrogens (tertiary/aromatic N) is 1. The zero-order valence-corrected chi connectivity index (χ0v) is 19.8. The van der Waals surface area contributed by atoms with Gasteiger partial charge in [-0.2, -0.15) is 13.2 Å². The maximum absolute atomic E-state index is 13.0. The van der Waals surface area contributed by atoms with Gasteiger partial charge >= 0.3 is 6.18 Å². The third-order valence-electron chi connectivity index (χ3n) is 6.38. The van der Waals surface area contributed by atoms with Gasteiger partial charge in [-0.05, 0) is 61.2 Å². The minimum Gasteiger partial charge on any atom is -0.454 e. The molecule has 0 bridgehead atoms. The number of amides is 3. The van der Waals surface area contributed by atoms with Crippen molar-refractivity contribution in [1.29, 1.82) is 0 Å². The van der Waals surface area contributed by atoms with Gasteiger partial charge < -0.3 is 25.0 Å². The number of carbonyl (C=O) groups is 3. The molecule has 3 amide bonds. The average Bonchev–Trinajstić information content (AvgIpc) is 3.37. The third kappa shape index (κ3) is 6.04. The van der Waals surface area contributed by atoms with E-state index >= 15 is 0 Å². The zero-order chi connectivity index (χ0) is 26.6. The number of alkyl halides is 3. The number of fused-ring (bicyclic) bond motifs is 1. The van der Waals surface area contributed by atoms with Gasteiger partial charge in [0.05, 0.1) is 5.56 Å². The van der Waals surface area contributed by atoms with Crippen molar-refractivity contribution >= 4 is 17.7 Å². The van der Waals surface area contributed by atoms with Gasteiger partial charge in [-0.1, -0.05) is 6.08 Å². The van der Waals surface area contributed by atoms with Gasteiger partial charge in [0.25, 0.3) is 11.8 Å². The van der Waals surface area contributed by atoms with Gasteiger partial charge in [0.1, 0.15) is 6.04 Å². The van der Waals surface area contributed by atoms with Crippen molar-refractivity contribution < 1.29 is 37.0 Å². The Kier molecular flexibility index (Phi) is 7.70. The van der Waals surface area contributed by atoms with Crippen molar-refractivity contribution in [3.63, 3.8) is 0 Å². The maximum atomic E-state index is 13.0. The van der Waals surface area contributed by atoms with E-state index in [1.165, 1.54) is 11.0 Å². The normalized spacial score (nSPS) is 16.1. The molecule has 11 heteroatoms. The Labute approximate surface area is 211 Å². The summed E-state index contributed by atoms with van der Waals surface area (Å²) in [6.45, 7) is 4.45. The lowest BCUT2D eigenvalue weighted by molar-refractivity contribution is -0.137. The number of hydrogen-bond donors (Lipinski definition) is 2. The molecule has 0 radical (unpaired) electrons. The fourth-order valence-corrected chi connectivity index (χ4v) is 4.36. The van der Waals surface area contributed by atoms with Crippen LogP contribution in [0, 0.1) is 5.92 Å². The van der Waals surface area contributed by atoms with Crippen molar-refractivity contribution in [2.24, 2.45) is 5.92 Å².